The molecule has 1 unspecified atom stereocenters. The van der Waals surface area contributed by atoms with Crippen molar-refractivity contribution in [2.75, 3.05) is 13.7 Å². The molecule has 0 radical (unpaired) electrons. The van der Waals surface area contributed by atoms with Crippen LogP contribution < -0.4 is 5.32 Å². The number of aromatic nitrogens is 3. The normalized spacial score (nSPS) is 12.1. The maximum atomic E-state index is 11.8. The third-order valence-corrected chi connectivity index (χ3v) is 3.26. The summed E-state index contributed by atoms with van der Waals surface area (Å²) in [6.07, 6.45) is 3.14. The predicted molar refractivity (Wildman–Crippen MR) is 78.9 cm³/mol. The Hall–Kier alpha value is -1.92. The summed E-state index contributed by atoms with van der Waals surface area (Å²) in [4.78, 5) is 15.6. The van der Waals surface area contributed by atoms with Crippen molar-refractivity contribution in [1.29, 1.82) is 0 Å². The lowest BCUT2D eigenvalue weighted by Crippen LogP contribution is -2.29. The summed E-state index contributed by atoms with van der Waals surface area (Å²) in [5, 5.41) is 7.43. The molecule has 6 nitrogen and oxygen atoms in total. The molecule has 1 amide bonds. The second-order valence-electron chi connectivity index (χ2n) is 4.49. The van der Waals surface area contributed by atoms with Crippen molar-refractivity contribution in [3.05, 3.63) is 47.5 Å². The van der Waals surface area contributed by atoms with E-state index in [0.29, 0.717) is 24.5 Å². The molecule has 0 aliphatic heterocycles. The number of hydrogen-bond acceptors (Lipinski definition) is 4. The van der Waals surface area contributed by atoms with E-state index in [0.717, 1.165) is 5.56 Å². The van der Waals surface area contributed by atoms with Crippen LogP contribution in [0.2, 0.25) is 5.02 Å². The van der Waals surface area contributed by atoms with Crippen molar-refractivity contribution in [1.82, 2.24) is 20.1 Å². The monoisotopic (exact) mass is 308 g/mol. The third-order valence-electron chi connectivity index (χ3n) is 3.02. The molecule has 2 aromatic rings. The standard InChI is InChI=1S/C14H17ClN4O2/c1-21-13(11-3-2-4-12(15)7-11)8-17-14(20)5-6-19-10-16-9-18-19/h2-4,7,9-10,13H,5-6,8H2,1H3,(H,17,20). The zero-order valence-corrected chi connectivity index (χ0v) is 12.5. The van der Waals surface area contributed by atoms with Crippen LogP contribution in [0.3, 0.4) is 0 Å². The molecule has 0 aliphatic rings. The highest BCUT2D eigenvalue weighted by molar-refractivity contribution is 6.30. The van der Waals surface area contributed by atoms with Crippen LogP contribution in [0.25, 0.3) is 0 Å². The summed E-state index contributed by atoms with van der Waals surface area (Å²) < 4.78 is 7.01. The maximum absolute atomic E-state index is 11.8. The smallest absolute Gasteiger partial charge is 0.221 e. The Labute approximate surface area is 128 Å². The van der Waals surface area contributed by atoms with Crippen LogP contribution in [-0.4, -0.2) is 34.3 Å². The quantitative estimate of drug-likeness (QED) is 0.847. The Morgan fingerprint density at radius 1 is 1.52 bits per heavy atom. The van der Waals surface area contributed by atoms with Crippen molar-refractivity contribution < 1.29 is 9.53 Å². The second-order valence-corrected chi connectivity index (χ2v) is 4.93. The fourth-order valence-electron chi connectivity index (χ4n) is 1.90. The molecule has 7 heteroatoms. The highest BCUT2D eigenvalue weighted by atomic mass is 35.5. The fourth-order valence-corrected chi connectivity index (χ4v) is 2.10. The van der Waals surface area contributed by atoms with Gasteiger partial charge < -0.3 is 10.1 Å². The molecule has 0 bridgehead atoms. The Morgan fingerprint density at radius 3 is 3.05 bits per heavy atom. The Balaban J connectivity index is 1.81. The second kappa shape index (κ2) is 7.75. The maximum Gasteiger partial charge on any atom is 0.221 e. The number of nitrogens with one attached hydrogen (secondary N) is 1. The molecule has 0 aliphatic carbocycles. The Bertz CT molecular complexity index is 574. The molecule has 0 saturated carbocycles. The lowest BCUT2D eigenvalue weighted by atomic mass is 10.1. The van der Waals surface area contributed by atoms with E-state index < -0.39 is 0 Å². The van der Waals surface area contributed by atoms with E-state index >= 15 is 0 Å². The molecule has 1 heterocycles. The van der Waals surface area contributed by atoms with Crippen molar-refractivity contribution in [3.8, 4) is 0 Å². The van der Waals surface area contributed by atoms with Gasteiger partial charge in [0.1, 0.15) is 12.7 Å². The van der Waals surface area contributed by atoms with Gasteiger partial charge in [-0.15, -0.1) is 0 Å². The van der Waals surface area contributed by atoms with Gasteiger partial charge in [-0.3, -0.25) is 9.48 Å². The summed E-state index contributed by atoms with van der Waals surface area (Å²) in [6.45, 7) is 0.897. The van der Waals surface area contributed by atoms with Gasteiger partial charge >= 0.3 is 0 Å². The number of nitrogens with zero attached hydrogens (tertiary/aromatic N) is 3. The zero-order chi connectivity index (χ0) is 15.1. The predicted octanol–water partition coefficient (Wildman–Crippen LogP) is 1.83. The van der Waals surface area contributed by atoms with Crippen LogP contribution in [-0.2, 0) is 16.1 Å². The summed E-state index contributed by atoms with van der Waals surface area (Å²) in [5.74, 6) is -0.0606. The number of carbonyl (C=O) groups excluding carboxylic acids is 1. The van der Waals surface area contributed by atoms with Gasteiger partial charge in [-0.05, 0) is 17.7 Å². The molecule has 1 N–H and O–H groups in total. The molecule has 21 heavy (non-hydrogen) atoms. The Kier molecular flexibility index (Phi) is 5.71. The zero-order valence-electron chi connectivity index (χ0n) is 11.7. The first-order chi connectivity index (χ1) is 10.2. The van der Waals surface area contributed by atoms with Crippen LogP contribution in [0.5, 0.6) is 0 Å². The van der Waals surface area contributed by atoms with Crippen LogP contribution in [0, 0.1) is 0 Å². The fraction of sp³-hybridized carbons (Fsp3) is 0.357. The summed E-state index contributed by atoms with van der Waals surface area (Å²) in [6, 6.07) is 7.41. The summed E-state index contributed by atoms with van der Waals surface area (Å²) in [7, 11) is 1.60. The molecule has 0 fully saturated rings. The third kappa shape index (κ3) is 4.84. The highest BCUT2D eigenvalue weighted by Gasteiger charge is 2.12. The van der Waals surface area contributed by atoms with Crippen LogP contribution in [0.1, 0.15) is 18.1 Å². The number of ether oxygens (including phenoxy) is 1. The number of methoxy groups -OCH3 is 1. The van der Waals surface area contributed by atoms with Gasteiger partial charge in [-0.25, -0.2) is 4.98 Å². The van der Waals surface area contributed by atoms with Crippen LogP contribution >= 0.6 is 11.6 Å². The largest absolute Gasteiger partial charge is 0.375 e. The molecule has 1 atom stereocenters. The van der Waals surface area contributed by atoms with Gasteiger partial charge in [0.15, 0.2) is 0 Å². The number of benzene rings is 1. The minimum Gasteiger partial charge on any atom is -0.375 e. The van der Waals surface area contributed by atoms with Crippen molar-refractivity contribution >= 4 is 17.5 Å². The van der Waals surface area contributed by atoms with Gasteiger partial charge in [-0.2, -0.15) is 5.10 Å². The molecule has 112 valence electrons. The van der Waals surface area contributed by atoms with E-state index in [-0.39, 0.29) is 12.0 Å². The summed E-state index contributed by atoms with van der Waals surface area (Å²) in [5.41, 5.74) is 0.932. The minimum atomic E-state index is -0.223. The van der Waals surface area contributed by atoms with Crippen molar-refractivity contribution in [3.63, 3.8) is 0 Å². The number of rotatable bonds is 7. The molecule has 2 rings (SSSR count). The first-order valence-electron chi connectivity index (χ1n) is 6.56. The van der Waals surface area contributed by atoms with E-state index in [9.17, 15) is 4.79 Å². The number of halogens is 1. The van der Waals surface area contributed by atoms with E-state index in [2.05, 4.69) is 15.4 Å². The molecule has 0 spiro atoms. The summed E-state index contributed by atoms with van der Waals surface area (Å²) >= 11 is 5.96. The molecule has 1 aromatic heterocycles. The number of amides is 1. The van der Waals surface area contributed by atoms with Crippen LogP contribution in [0.4, 0.5) is 0 Å². The lowest BCUT2D eigenvalue weighted by Gasteiger charge is -2.16. The molecule has 0 saturated heterocycles. The van der Waals surface area contributed by atoms with Gasteiger partial charge in [0, 0.05) is 25.1 Å². The van der Waals surface area contributed by atoms with Crippen molar-refractivity contribution in [2.24, 2.45) is 0 Å². The number of aryl methyl sites for hydroxylation is 1. The lowest BCUT2D eigenvalue weighted by molar-refractivity contribution is -0.121. The number of carbonyl (C=O) groups is 1. The van der Waals surface area contributed by atoms with Gasteiger partial charge in [0.25, 0.3) is 0 Å². The van der Waals surface area contributed by atoms with E-state index in [1.807, 2.05) is 18.2 Å². The average molecular weight is 309 g/mol. The highest BCUT2D eigenvalue weighted by Crippen LogP contribution is 2.19. The number of hydrogen-bond donors (Lipinski definition) is 1. The minimum absolute atomic E-state index is 0.0606. The molecular formula is C14H17ClN4O2. The first kappa shape index (κ1) is 15.5. The topological polar surface area (TPSA) is 69.0 Å². The van der Waals surface area contributed by atoms with Gasteiger partial charge in [0.2, 0.25) is 5.91 Å². The van der Waals surface area contributed by atoms with Crippen LogP contribution in [0.15, 0.2) is 36.9 Å². The molecular weight excluding hydrogens is 292 g/mol. The SMILES string of the molecule is COC(CNC(=O)CCn1cncn1)c1cccc(Cl)c1. The van der Waals surface area contributed by atoms with E-state index in [1.54, 1.807) is 24.2 Å². The van der Waals surface area contributed by atoms with Crippen molar-refractivity contribution in [2.45, 2.75) is 19.1 Å². The average Bonchev–Trinajstić information content (AvgIpc) is 2.99. The van der Waals surface area contributed by atoms with E-state index in [4.69, 9.17) is 16.3 Å². The van der Waals surface area contributed by atoms with E-state index in [1.165, 1.54) is 6.33 Å². The van der Waals surface area contributed by atoms with Gasteiger partial charge in [0.05, 0.1) is 12.6 Å². The first-order valence-corrected chi connectivity index (χ1v) is 6.94. The Morgan fingerprint density at radius 2 is 2.38 bits per heavy atom. The molecule has 1 aromatic carbocycles. The van der Waals surface area contributed by atoms with Gasteiger partial charge in [-0.1, -0.05) is 23.7 Å².